The first kappa shape index (κ1) is 11.7. The predicted octanol–water partition coefficient (Wildman–Crippen LogP) is 4.12. The van der Waals surface area contributed by atoms with E-state index in [1.165, 1.54) is 0 Å². The molecule has 3 rings (SSSR count). The number of para-hydroxylation sites is 1. The second-order valence-corrected chi connectivity index (χ2v) is 5.39. The predicted molar refractivity (Wildman–Crippen MR) is 79.4 cm³/mol. The van der Waals surface area contributed by atoms with Crippen LogP contribution in [-0.4, -0.2) is 5.11 Å². The van der Waals surface area contributed by atoms with Gasteiger partial charge in [0, 0.05) is 8.96 Å². The average molecular weight is 350 g/mol. The molecule has 90 valence electrons. The molecule has 2 nitrogen and oxygen atoms in total. The third-order valence-electron chi connectivity index (χ3n) is 2.88. The molecule has 0 saturated heterocycles. The van der Waals surface area contributed by atoms with Crippen LogP contribution in [0.25, 0.3) is 11.0 Å². The highest BCUT2D eigenvalue weighted by molar-refractivity contribution is 14.1. The zero-order valence-electron chi connectivity index (χ0n) is 9.51. The molecule has 0 amide bonds. The molecule has 1 N–H and O–H groups in total. The quantitative estimate of drug-likeness (QED) is 0.706. The lowest BCUT2D eigenvalue weighted by Gasteiger charge is -2.07. The van der Waals surface area contributed by atoms with Gasteiger partial charge in [0.1, 0.15) is 17.4 Å². The summed E-state index contributed by atoms with van der Waals surface area (Å²) >= 11 is 2.23. The fourth-order valence-electron chi connectivity index (χ4n) is 1.98. The number of hydrogen-bond donors (Lipinski definition) is 1. The maximum Gasteiger partial charge on any atom is 0.138 e. The second kappa shape index (κ2) is 4.74. The Balaban J connectivity index is 2.03. The maximum absolute atomic E-state index is 10.3. The highest BCUT2D eigenvalue weighted by Crippen LogP contribution is 2.28. The summed E-state index contributed by atoms with van der Waals surface area (Å²) in [4.78, 5) is 0. The van der Waals surface area contributed by atoms with Crippen LogP contribution in [0.1, 0.15) is 17.4 Å². The third-order valence-corrected chi connectivity index (χ3v) is 3.55. The van der Waals surface area contributed by atoms with E-state index in [9.17, 15) is 5.11 Å². The summed E-state index contributed by atoms with van der Waals surface area (Å²) in [6, 6.07) is 17.4. The Morgan fingerprint density at radius 1 is 1.00 bits per heavy atom. The van der Waals surface area contributed by atoms with Gasteiger partial charge in [0.2, 0.25) is 0 Å². The summed E-state index contributed by atoms with van der Waals surface area (Å²) in [7, 11) is 0. The smallest absolute Gasteiger partial charge is 0.138 e. The summed E-state index contributed by atoms with van der Waals surface area (Å²) in [5.41, 5.74) is 1.65. The van der Waals surface area contributed by atoms with Gasteiger partial charge in [-0.05, 0) is 52.4 Å². The molecule has 0 fully saturated rings. The van der Waals surface area contributed by atoms with Gasteiger partial charge in [-0.1, -0.05) is 30.3 Å². The second-order valence-electron chi connectivity index (χ2n) is 4.14. The molecule has 0 radical (unpaired) electrons. The van der Waals surface area contributed by atoms with Crippen molar-refractivity contribution in [3.8, 4) is 0 Å². The van der Waals surface area contributed by atoms with Crippen molar-refractivity contribution in [3.05, 3.63) is 69.5 Å². The Bertz CT molecular complexity index is 655. The zero-order valence-corrected chi connectivity index (χ0v) is 11.7. The summed E-state index contributed by atoms with van der Waals surface area (Å²) in [6.45, 7) is 0. The van der Waals surface area contributed by atoms with Gasteiger partial charge in [0.15, 0.2) is 0 Å². The van der Waals surface area contributed by atoms with E-state index >= 15 is 0 Å². The van der Waals surface area contributed by atoms with Crippen molar-refractivity contribution in [2.75, 3.05) is 0 Å². The molecule has 18 heavy (non-hydrogen) atoms. The van der Waals surface area contributed by atoms with Crippen LogP contribution in [0.2, 0.25) is 0 Å². The molecule has 3 heteroatoms. The lowest BCUT2D eigenvalue weighted by Crippen LogP contribution is -1.97. The fourth-order valence-corrected chi connectivity index (χ4v) is 2.55. The van der Waals surface area contributed by atoms with Gasteiger partial charge < -0.3 is 9.52 Å². The van der Waals surface area contributed by atoms with Crippen molar-refractivity contribution in [3.63, 3.8) is 0 Å². The van der Waals surface area contributed by atoms with Crippen LogP contribution >= 0.6 is 22.6 Å². The van der Waals surface area contributed by atoms with Crippen LogP contribution in [0, 0.1) is 3.57 Å². The first-order valence-corrected chi connectivity index (χ1v) is 6.74. The topological polar surface area (TPSA) is 33.4 Å². The Kier molecular flexibility index (Phi) is 3.09. The van der Waals surface area contributed by atoms with E-state index in [4.69, 9.17) is 4.42 Å². The van der Waals surface area contributed by atoms with Gasteiger partial charge in [-0.25, -0.2) is 0 Å². The highest BCUT2D eigenvalue weighted by Gasteiger charge is 2.15. The molecule has 0 aliphatic heterocycles. The molecular weight excluding hydrogens is 339 g/mol. The Morgan fingerprint density at radius 3 is 2.61 bits per heavy atom. The molecule has 0 spiro atoms. The van der Waals surface area contributed by atoms with Crippen molar-refractivity contribution in [1.82, 2.24) is 0 Å². The first-order chi connectivity index (χ1) is 8.74. The molecule has 0 bridgehead atoms. The molecule has 1 atom stereocenters. The number of aliphatic hydroxyl groups is 1. The molecule has 0 aliphatic carbocycles. The number of rotatable bonds is 2. The van der Waals surface area contributed by atoms with Crippen molar-refractivity contribution >= 4 is 33.6 Å². The van der Waals surface area contributed by atoms with E-state index in [1.54, 1.807) is 0 Å². The van der Waals surface area contributed by atoms with Crippen molar-refractivity contribution in [2.24, 2.45) is 0 Å². The molecule has 2 aromatic carbocycles. The standard InChI is InChI=1S/C15H11IO2/c16-12-6-3-5-11(8-12)15(17)14-9-10-4-1-2-7-13(10)18-14/h1-9,15,17H. The van der Waals surface area contributed by atoms with Crippen molar-refractivity contribution < 1.29 is 9.52 Å². The molecule has 0 saturated carbocycles. The van der Waals surface area contributed by atoms with Gasteiger partial charge in [0.05, 0.1) is 0 Å². The monoisotopic (exact) mass is 350 g/mol. The van der Waals surface area contributed by atoms with E-state index < -0.39 is 6.10 Å². The molecule has 0 aliphatic rings. The molecular formula is C15H11IO2. The molecule has 1 unspecified atom stereocenters. The maximum atomic E-state index is 10.3. The van der Waals surface area contributed by atoms with Gasteiger partial charge in [0.25, 0.3) is 0 Å². The van der Waals surface area contributed by atoms with Crippen molar-refractivity contribution in [2.45, 2.75) is 6.10 Å². The first-order valence-electron chi connectivity index (χ1n) is 5.66. The van der Waals surface area contributed by atoms with Crippen LogP contribution in [-0.2, 0) is 0 Å². The van der Waals surface area contributed by atoms with Crippen molar-refractivity contribution in [1.29, 1.82) is 0 Å². The molecule has 1 heterocycles. The summed E-state index contributed by atoms with van der Waals surface area (Å²) in [6.07, 6.45) is -0.716. The Hall–Kier alpha value is -1.33. The SMILES string of the molecule is OC(c1cccc(I)c1)c1cc2ccccc2o1. The lowest BCUT2D eigenvalue weighted by molar-refractivity contribution is 0.192. The van der Waals surface area contributed by atoms with Gasteiger partial charge in [-0.2, -0.15) is 0 Å². The van der Waals surface area contributed by atoms with Crippen LogP contribution in [0.5, 0.6) is 0 Å². The normalized spacial score (nSPS) is 12.8. The van der Waals surface area contributed by atoms with Crippen LogP contribution in [0.4, 0.5) is 0 Å². The number of fused-ring (bicyclic) bond motifs is 1. The Morgan fingerprint density at radius 2 is 1.83 bits per heavy atom. The minimum absolute atomic E-state index is 0.582. The summed E-state index contributed by atoms with van der Waals surface area (Å²) in [5, 5.41) is 11.3. The minimum Gasteiger partial charge on any atom is -0.458 e. The van der Waals surface area contributed by atoms with E-state index in [2.05, 4.69) is 22.6 Å². The lowest BCUT2D eigenvalue weighted by atomic mass is 10.1. The third kappa shape index (κ3) is 2.15. The van der Waals surface area contributed by atoms with E-state index in [0.29, 0.717) is 5.76 Å². The summed E-state index contributed by atoms with van der Waals surface area (Å²) in [5.74, 6) is 0.582. The van der Waals surface area contributed by atoms with Gasteiger partial charge >= 0.3 is 0 Å². The van der Waals surface area contributed by atoms with Gasteiger partial charge in [-0.3, -0.25) is 0 Å². The average Bonchev–Trinajstić information content (AvgIpc) is 2.81. The minimum atomic E-state index is -0.716. The largest absolute Gasteiger partial charge is 0.458 e. The molecule has 3 aromatic rings. The number of hydrogen-bond acceptors (Lipinski definition) is 2. The Labute approximate surface area is 118 Å². The zero-order chi connectivity index (χ0) is 12.5. The van der Waals surface area contributed by atoms with E-state index in [-0.39, 0.29) is 0 Å². The number of furan rings is 1. The number of benzene rings is 2. The van der Waals surface area contributed by atoms with Gasteiger partial charge in [-0.15, -0.1) is 0 Å². The fraction of sp³-hybridized carbons (Fsp3) is 0.0667. The summed E-state index contributed by atoms with van der Waals surface area (Å²) < 4.78 is 6.77. The van der Waals surface area contributed by atoms with E-state index in [0.717, 1.165) is 20.1 Å². The van der Waals surface area contributed by atoms with Crippen LogP contribution in [0.3, 0.4) is 0 Å². The van der Waals surface area contributed by atoms with Crippen LogP contribution < -0.4 is 0 Å². The highest BCUT2D eigenvalue weighted by atomic mass is 127. The molecule has 1 aromatic heterocycles. The van der Waals surface area contributed by atoms with E-state index in [1.807, 2.05) is 54.6 Å². The van der Waals surface area contributed by atoms with Crippen LogP contribution in [0.15, 0.2) is 59.0 Å². The number of aliphatic hydroxyl groups excluding tert-OH is 1. The number of halogens is 1.